The molecule has 0 radical (unpaired) electrons. The van der Waals surface area contributed by atoms with Crippen LogP contribution in [0.15, 0.2) is 40.8 Å². The molecule has 0 bridgehead atoms. The van der Waals surface area contributed by atoms with Gasteiger partial charge in [0.2, 0.25) is 5.91 Å². The van der Waals surface area contributed by atoms with Gasteiger partial charge in [-0.25, -0.2) is 4.79 Å². The van der Waals surface area contributed by atoms with Crippen molar-refractivity contribution >= 4 is 29.4 Å². The molecule has 0 spiro atoms. The van der Waals surface area contributed by atoms with E-state index in [9.17, 15) is 14.4 Å². The number of hydrogen-bond acceptors (Lipinski definition) is 5. The lowest BCUT2D eigenvalue weighted by Crippen LogP contribution is -2.37. The zero-order valence-electron chi connectivity index (χ0n) is 14.7. The molecule has 2 amide bonds. The van der Waals surface area contributed by atoms with Crippen LogP contribution in [0.4, 0.5) is 0 Å². The van der Waals surface area contributed by atoms with Crippen molar-refractivity contribution in [1.82, 2.24) is 10.2 Å². The fourth-order valence-corrected chi connectivity index (χ4v) is 2.81. The summed E-state index contributed by atoms with van der Waals surface area (Å²) in [5.41, 5.74) is 0.882. The van der Waals surface area contributed by atoms with Gasteiger partial charge in [-0.2, -0.15) is 0 Å². The van der Waals surface area contributed by atoms with E-state index in [0.717, 1.165) is 5.56 Å². The number of benzene rings is 1. The lowest BCUT2D eigenvalue weighted by atomic mass is 10.2. The Balaban J connectivity index is 1.50. The van der Waals surface area contributed by atoms with Crippen molar-refractivity contribution < 1.29 is 23.5 Å². The van der Waals surface area contributed by atoms with E-state index in [4.69, 9.17) is 20.8 Å². The van der Waals surface area contributed by atoms with Crippen LogP contribution in [0.2, 0.25) is 5.02 Å². The number of furan rings is 1. The number of amides is 2. The van der Waals surface area contributed by atoms with E-state index in [1.165, 1.54) is 4.90 Å². The minimum absolute atomic E-state index is 0.185. The molecule has 1 atom stereocenters. The maximum atomic E-state index is 12.2. The molecule has 2 aromatic rings. The summed E-state index contributed by atoms with van der Waals surface area (Å²) >= 11 is 5.88. The third-order valence-corrected chi connectivity index (χ3v) is 4.48. The summed E-state index contributed by atoms with van der Waals surface area (Å²) < 4.78 is 10.7. The minimum atomic E-state index is -0.664. The fraction of sp³-hybridized carbons (Fsp3) is 0.316. The minimum Gasteiger partial charge on any atom is -0.459 e. The van der Waals surface area contributed by atoms with Crippen LogP contribution in [0.3, 0.4) is 0 Å². The Morgan fingerprint density at radius 3 is 2.67 bits per heavy atom. The van der Waals surface area contributed by atoms with E-state index in [2.05, 4.69) is 5.32 Å². The molecule has 7 nitrogen and oxygen atoms in total. The van der Waals surface area contributed by atoms with E-state index in [0.29, 0.717) is 29.4 Å². The first-order chi connectivity index (χ1) is 12.9. The number of hydrogen-bond donors (Lipinski definition) is 1. The molecule has 0 aliphatic carbocycles. The van der Waals surface area contributed by atoms with Crippen molar-refractivity contribution in [2.24, 2.45) is 0 Å². The van der Waals surface area contributed by atoms with Gasteiger partial charge in [0.05, 0.1) is 6.54 Å². The molecule has 8 heteroatoms. The second kappa shape index (κ2) is 8.26. The Morgan fingerprint density at radius 2 is 2.00 bits per heavy atom. The van der Waals surface area contributed by atoms with Crippen molar-refractivity contribution in [3.8, 4) is 11.3 Å². The van der Waals surface area contributed by atoms with Gasteiger partial charge in [0.25, 0.3) is 5.91 Å². The molecule has 2 heterocycles. The van der Waals surface area contributed by atoms with Crippen LogP contribution in [0.1, 0.15) is 18.6 Å². The third kappa shape index (κ3) is 4.89. The Labute approximate surface area is 161 Å². The zero-order valence-corrected chi connectivity index (χ0v) is 15.5. The van der Waals surface area contributed by atoms with E-state index in [-0.39, 0.29) is 25.0 Å². The summed E-state index contributed by atoms with van der Waals surface area (Å²) in [4.78, 5) is 36.5. The van der Waals surface area contributed by atoms with Crippen molar-refractivity contribution in [3.05, 3.63) is 47.2 Å². The summed E-state index contributed by atoms with van der Waals surface area (Å²) in [7, 11) is 1.60. The predicted molar refractivity (Wildman–Crippen MR) is 97.8 cm³/mol. The van der Waals surface area contributed by atoms with E-state index in [1.54, 1.807) is 25.2 Å². The SMILES string of the molecule is CN(Cc1ccc(-c2ccc(Cl)cc2)o1)C(=O)COC(=O)[C@H]1CCC(=O)N1. The molecule has 1 aliphatic heterocycles. The number of carbonyl (C=O) groups is 3. The number of nitrogens with zero attached hydrogens (tertiary/aromatic N) is 1. The average molecular weight is 391 g/mol. The molecule has 27 heavy (non-hydrogen) atoms. The monoisotopic (exact) mass is 390 g/mol. The average Bonchev–Trinajstić information content (AvgIpc) is 3.29. The molecule has 0 unspecified atom stereocenters. The van der Waals surface area contributed by atoms with Gasteiger partial charge in [0, 0.05) is 24.1 Å². The first-order valence-corrected chi connectivity index (χ1v) is 8.85. The van der Waals surface area contributed by atoms with Gasteiger partial charge in [-0.05, 0) is 42.8 Å². The molecule has 1 aromatic heterocycles. The largest absolute Gasteiger partial charge is 0.459 e. The summed E-state index contributed by atoms with van der Waals surface area (Å²) in [5, 5.41) is 3.15. The molecule has 1 aromatic carbocycles. The molecule has 0 saturated carbocycles. The molecule has 1 N–H and O–H groups in total. The normalized spacial score (nSPS) is 16.1. The molecule has 1 aliphatic rings. The second-order valence-corrected chi connectivity index (χ2v) is 6.73. The maximum Gasteiger partial charge on any atom is 0.329 e. The number of likely N-dealkylation sites (N-methyl/N-ethyl adjacent to an activating group) is 1. The van der Waals surface area contributed by atoms with E-state index in [1.807, 2.05) is 18.2 Å². The Bertz CT molecular complexity index is 846. The van der Waals surface area contributed by atoms with Crippen molar-refractivity contribution in [1.29, 1.82) is 0 Å². The van der Waals surface area contributed by atoms with Crippen molar-refractivity contribution in [2.45, 2.75) is 25.4 Å². The topological polar surface area (TPSA) is 88.9 Å². The number of ether oxygens (including phenoxy) is 1. The van der Waals surface area contributed by atoms with Crippen molar-refractivity contribution in [2.75, 3.05) is 13.7 Å². The molecule has 1 saturated heterocycles. The van der Waals surface area contributed by atoms with Gasteiger partial charge < -0.3 is 19.4 Å². The quantitative estimate of drug-likeness (QED) is 0.765. The number of esters is 1. The maximum absolute atomic E-state index is 12.2. The second-order valence-electron chi connectivity index (χ2n) is 6.29. The van der Waals surface area contributed by atoms with Crippen LogP contribution in [-0.2, 0) is 25.7 Å². The van der Waals surface area contributed by atoms with Crippen LogP contribution in [-0.4, -0.2) is 42.4 Å². The van der Waals surface area contributed by atoms with Gasteiger partial charge in [0.15, 0.2) is 6.61 Å². The van der Waals surface area contributed by atoms with Gasteiger partial charge in [-0.1, -0.05) is 11.6 Å². The van der Waals surface area contributed by atoms with Crippen LogP contribution < -0.4 is 5.32 Å². The Kier molecular flexibility index (Phi) is 5.81. The van der Waals surface area contributed by atoms with Crippen molar-refractivity contribution in [3.63, 3.8) is 0 Å². The summed E-state index contributed by atoms with van der Waals surface area (Å²) in [6.45, 7) is -0.142. The summed E-state index contributed by atoms with van der Waals surface area (Å²) in [6, 6.07) is 10.2. The van der Waals surface area contributed by atoms with Crippen LogP contribution in [0.25, 0.3) is 11.3 Å². The van der Waals surface area contributed by atoms with E-state index < -0.39 is 12.0 Å². The predicted octanol–water partition coefficient (Wildman–Crippen LogP) is 2.38. The molecular formula is C19H19ClN2O5. The first-order valence-electron chi connectivity index (χ1n) is 8.47. The van der Waals surface area contributed by atoms with Crippen LogP contribution in [0.5, 0.6) is 0 Å². The zero-order chi connectivity index (χ0) is 19.4. The van der Waals surface area contributed by atoms with E-state index >= 15 is 0 Å². The van der Waals surface area contributed by atoms with Crippen LogP contribution >= 0.6 is 11.6 Å². The Morgan fingerprint density at radius 1 is 1.26 bits per heavy atom. The summed E-state index contributed by atoms with van der Waals surface area (Å²) in [6.07, 6.45) is 0.684. The van der Waals surface area contributed by atoms with Gasteiger partial charge >= 0.3 is 5.97 Å². The lowest BCUT2D eigenvalue weighted by molar-refractivity contribution is -0.153. The van der Waals surface area contributed by atoms with Gasteiger partial charge in [0.1, 0.15) is 17.6 Å². The molecule has 3 rings (SSSR count). The lowest BCUT2D eigenvalue weighted by Gasteiger charge is -2.16. The van der Waals surface area contributed by atoms with Crippen LogP contribution in [0, 0.1) is 0 Å². The number of carbonyl (C=O) groups excluding carboxylic acids is 3. The molecule has 1 fully saturated rings. The van der Waals surface area contributed by atoms with Gasteiger partial charge in [-0.15, -0.1) is 0 Å². The third-order valence-electron chi connectivity index (χ3n) is 4.23. The highest BCUT2D eigenvalue weighted by Gasteiger charge is 2.29. The standard InChI is InChI=1S/C19H19ClN2O5/c1-22(18(24)11-26-19(25)15-7-9-17(23)21-15)10-14-6-8-16(27-14)12-2-4-13(20)5-3-12/h2-6,8,15H,7,9-11H2,1H3,(H,21,23)/t15-/m1/s1. The number of nitrogens with one attached hydrogen (secondary N) is 1. The number of rotatable bonds is 6. The first kappa shape index (κ1) is 19.0. The highest BCUT2D eigenvalue weighted by molar-refractivity contribution is 6.30. The molecule has 142 valence electrons. The Hall–Kier alpha value is -2.80. The summed E-state index contributed by atoms with van der Waals surface area (Å²) in [5.74, 6) is 0.133. The highest BCUT2D eigenvalue weighted by atomic mass is 35.5. The number of halogens is 1. The smallest absolute Gasteiger partial charge is 0.329 e. The fourth-order valence-electron chi connectivity index (χ4n) is 2.69. The highest BCUT2D eigenvalue weighted by Crippen LogP contribution is 2.24. The van der Waals surface area contributed by atoms with Gasteiger partial charge in [-0.3, -0.25) is 9.59 Å². The molecular weight excluding hydrogens is 372 g/mol.